The summed E-state index contributed by atoms with van der Waals surface area (Å²) >= 11 is 5.87. The third-order valence-corrected chi connectivity index (χ3v) is 5.12. The van der Waals surface area contributed by atoms with E-state index in [1.54, 1.807) is 18.2 Å². The Labute approximate surface area is 163 Å². The molecule has 0 bridgehead atoms. The number of halogens is 1. The van der Waals surface area contributed by atoms with Gasteiger partial charge in [-0.1, -0.05) is 23.7 Å². The Hall–Kier alpha value is -2.85. The van der Waals surface area contributed by atoms with Crippen LogP contribution < -0.4 is 11.1 Å². The molecule has 27 heavy (non-hydrogen) atoms. The van der Waals surface area contributed by atoms with Crippen molar-refractivity contribution in [3.05, 3.63) is 70.4 Å². The number of amides is 1. The van der Waals surface area contributed by atoms with Crippen LogP contribution in [0.25, 0.3) is 17.0 Å². The number of fused-ring (bicyclic) bond motifs is 2. The second-order valence-electron chi connectivity index (χ2n) is 6.76. The lowest BCUT2D eigenvalue weighted by Crippen LogP contribution is -2.10. The summed E-state index contributed by atoms with van der Waals surface area (Å²) in [5, 5.41) is 4.45. The molecule has 0 spiro atoms. The quantitative estimate of drug-likeness (QED) is 0.631. The Kier molecular flexibility index (Phi) is 4.82. The molecule has 136 valence electrons. The molecule has 1 aliphatic carbocycles. The Morgan fingerprint density at radius 3 is 2.70 bits per heavy atom. The molecule has 0 unspecified atom stereocenters. The molecule has 1 heterocycles. The number of hydrogen-bond acceptors (Lipinski definition) is 3. The molecule has 1 amide bonds. The van der Waals surface area contributed by atoms with Crippen molar-refractivity contribution in [1.82, 2.24) is 4.98 Å². The highest BCUT2D eigenvalue weighted by atomic mass is 35.5. The number of carbonyl (C=O) groups excluding carboxylic acids is 1. The highest BCUT2D eigenvalue weighted by molar-refractivity contribution is 6.30. The number of nitrogen functional groups attached to an aromatic ring is 1. The number of benzene rings is 2. The topological polar surface area (TPSA) is 68.0 Å². The minimum absolute atomic E-state index is 0.200. The second kappa shape index (κ2) is 7.41. The van der Waals surface area contributed by atoms with Crippen molar-refractivity contribution in [2.24, 2.45) is 0 Å². The van der Waals surface area contributed by atoms with Crippen molar-refractivity contribution < 1.29 is 4.79 Å². The predicted molar refractivity (Wildman–Crippen MR) is 112 cm³/mol. The zero-order valence-electron chi connectivity index (χ0n) is 14.8. The maximum Gasteiger partial charge on any atom is 0.248 e. The highest BCUT2D eigenvalue weighted by Gasteiger charge is 2.16. The van der Waals surface area contributed by atoms with Gasteiger partial charge in [-0.3, -0.25) is 9.78 Å². The average molecular weight is 378 g/mol. The van der Waals surface area contributed by atoms with Gasteiger partial charge in [-0.15, -0.1) is 0 Å². The summed E-state index contributed by atoms with van der Waals surface area (Å²) in [6.45, 7) is 0. The number of rotatable bonds is 3. The van der Waals surface area contributed by atoms with Gasteiger partial charge in [0.25, 0.3) is 0 Å². The van der Waals surface area contributed by atoms with Crippen LogP contribution in [0, 0.1) is 0 Å². The van der Waals surface area contributed by atoms with Crippen molar-refractivity contribution in [2.45, 2.75) is 25.7 Å². The summed E-state index contributed by atoms with van der Waals surface area (Å²) in [5.41, 5.74) is 12.0. The van der Waals surface area contributed by atoms with Gasteiger partial charge >= 0.3 is 0 Å². The Balaban J connectivity index is 1.56. The van der Waals surface area contributed by atoms with E-state index in [0.717, 1.165) is 47.1 Å². The smallest absolute Gasteiger partial charge is 0.248 e. The summed E-state index contributed by atoms with van der Waals surface area (Å²) < 4.78 is 0. The van der Waals surface area contributed by atoms with Crippen LogP contribution in [0.3, 0.4) is 0 Å². The number of hydrogen-bond donors (Lipinski definition) is 2. The van der Waals surface area contributed by atoms with Gasteiger partial charge in [-0.2, -0.15) is 0 Å². The van der Waals surface area contributed by atoms with Gasteiger partial charge in [0.15, 0.2) is 0 Å². The van der Waals surface area contributed by atoms with Crippen molar-refractivity contribution in [3.63, 3.8) is 0 Å². The van der Waals surface area contributed by atoms with Crippen molar-refractivity contribution >= 4 is 45.9 Å². The van der Waals surface area contributed by atoms with E-state index >= 15 is 0 Å². The monoisotopic (exact) mass is 377 g/mol. The fraction of sp³-hybridized carbons (Fsp3) is 0.182. The fourth-order valence-corrected chi connectivity index (χ4v) is 3.59. The zero-order valence-corrected chi connectivity index (χ0v) is 15.6. The number of aromatic nitrogens is 1. The first-order valence-electron chi connectivity index (χ1n) is 9.06. The highest BCUT2D eigenvalue weighted by Crippen LogP contribution is 2.32. The molecule has 1 aliphatic rings. The summed E-state index contributed by atoms with van der Waals surface area (Å²) in [4.78, 5) is 17.0. The molecule has 3 N–H and O–H groups in total. The van der Waals surface area contributed by atoms with E-state index in [0.29, 0.717) is 10.7 Å². The minimum Gasteiger partial charge on any atom is -0.398 e. The first-order chi connectivity index (χ1) is 13.1. The molecule has 0 aliphatic heterocycles. The van der Waals surface area contributed by atoms with E-state index in [4.69, 9.17) is 22.3 Å². The molecule has 5 heteroatoms. The molecule has 0 radical (unpaired) electrons. The Bertz CT molecular complexity index is 1040. The molecule has 0 fully saturated rings. The van der Waals surface area contributed by atoms with Gasteiger partial charge in [0.1, 0.15) is 0 Å². The maximum absolute atomic E-state index is 12.2. The Morgan fingerprint density at radius 1 is 1.11 bits per heavy atom. The SMILES string of the molecule is Nc1c2c(nc3ccc(NC(=O)C=Cc4ccc(Cl)cc4)cc13)CCCC2. The Morgan fingerprint density at radius 2 is 1.89 bits per heavy atom. The van der Waals surface area contributed by atoms with Gasteiger partial charge in [-0.25, -0.2) is 0 Å². The first kappa shape index (κ1) is 17.6. The van der Waals surface area contributed by atoms with Crippen LogP contribution in [0.2, 0.25) is 5.02 Å². The largest absolute Gasteiger partial charge is 0.398 e. The van der Waals surface area contributed by atoms with E-state index < -0.39 is 0 Å². The lowest BCUT2D eigenvalue weighted by Gasteiger charge is -2.18. The number of nitrogens with two attached hydrogens (primary N) is 1. The molecular weight excluding hydrogens is 358 g/mol. The lowest BCUT2D eigenvalue weighted by atomic mass is 9.93. The molecule has 0 saturated carbocycles. The summed E-state index contributed by atoms with van der Waals surface area (Å²) in [7, 11) is 0. The van der Waals surface area contributed by atoms with E-state index in [1.165, 1.54) is 18.1 Å². The third-order valence-electron chi connectivity index (χ3n) is 4.87. The molecular formula is C22H20ClN3O. The van der Waals surface area contributed by atoms with Gasteiger partial charge in [0, 0.05) is 33.6 Å². The second-order valence-corrected chi connectivity index (χ2v) is 7.20. The van der Waals surface area contributed by atoms with Crippen LogP contribution in [0.4, 0.5) is 11.4 Å². The van der Waals surface area contributed by atoms with Crippen LogP contribution in [-0.4, -0.2) is 10.9 Å². The normalized spacial score (nSPS) is 13.7. The number of pyridine rings is 1. The van der Waals surface area contributed by atoms with Gasteiger partial charge in [0.2, 0.25) is 5.91 Å². The number of carbonyl (C=O) groups is 1. The number of nitrogens with one attached hydrogen (secondary N) is 1. The molecule has 1 aromatic heterocycles. The minimum atomic E-state index is -0.200. The number of anilines is 2. The summed E-state index contributed by atoms with van der Waals surface area (Å²) in [6, 6.07) is 13.0. The number of aryl methyl sites for hydroxylation is 1. The van der Waals surface area contributed by atoms with E-state index in [1.807, 2.05) is 30.3 Å². The van der Waals surface area contributed by atoms with Gasteiger partial charge in [-0.05, 0) is 73.2 Å². The van der Waals surface area contributed by atoms with Gasteiger partial charge in [0.05, 0.1) is 5.52 Å². The van der Waals surface area contributed by atoms with E-state index in [-0.39, 0.29) is 5.91 Å². The summed E-state index contributed by atoms with van der Waals surface area (Å²) in [5.74, 6) is -0.200. The fourth-order valence-electron chi connectivity index (χ4n) is 3.47. The molecule has 0 atom stereocenters. The average Bonchev–Trinajstić information content (AvgIpc) is 2.68. The number of nitrogens with zero attached hydrogens (tertiary/aromatic N) is 1. The van der Waals surface area contributed by atoms with E-state index in [2.05, 4.69) is 5.32 Å². The molecule has 4 rings (SSSR count). The van der Waals surface area contributed by atoms with Crippen molar-refractivity contribution in [3.8, 4) is 0 Å². The zero-order chi connectivity index (χ0) is 18.8. The maximum atomic E-state index is 12.2. The lowest BCUT2D eigenvalue weighted by molar-refractivity contribution is -0.111. The van der Waals surface area contributed by atoms with Crippen LogP contribution in [0.1, 0.15) is 29.7 Å². The van der Waals surface area contributed by atoms with E-state index in [9.17, 15) is 4.79 Å². The van der Waals surface area contributed by atoms with Crippen LogP contribution in [0.5, 0.6) is 0 Å². The van der Waals surface area contributed by atoms with Crippen molar-refractivity contribution in [2.75, 3.05) is 11.1 Å². The predicted octanol–water partition coefficient (Wildman–Crippen LogP) is 5.00. The van der Waals surface area contributed by atoms with Crippen LogP contribution >= 0.6 is 11.6 Å². The van der Waals surface area contributed by atoms with Crippen LogP contribution in [0.15, 0.2) is 48.5 Å². The first-order valence-corrected chi connectivity index (χ1v) is 9.43. The van der Waals surface area contributed by atoms with Crippen molar-refractivity contribution in [1.29, 1.82) is 0 Å². The standard InChI is InChI=1S/C22H20ClN3O/c23-15-8-5-14(6-9-15)7-12-21(27)25-16-10-11-20-18(13-16)22(24)17-3-1-2-4-19(17)26-20/h5-13H,1-4H2,(H2,24,26)(H,25,27). The summed E-state index contributed by atoms with van der Waals surface area (Å²) in [6.07, 6.45) is 7.53. The molecule has 0 saturated heterocycles. The third kappa shape index (κ3) is 3.81. The van der Waals surface area contributed by atoms with Gasteiger partial charge < -0.3 is 11.1 Å². The molecule has 4 nitrogen and oxygen atoms in total. The molecule has 2 aromatic carbocycles. The van der Waals surface area contributed by atoms with Crippen LogP contribution in [-0.2, 0) is 17.6 Å². The molecule has 3 aromatic rings.